The molecule has 1 saturated heterocycles. The zero-order valence-electron chi connectivity index (χ0n) is 9.90. The van der Waals surface area contributed by atoms with Gasteiger partial charge in [0, 0.05) is 30.9 Å². The molecule has 1 aromatic rings. The van der Waals surface area contributed by atoms with Crippen LogP contribution in [0.1, 0.15) is 19.0 Å². The molecule has 2 heterocycles. The molecule has 0 bridgehead atoms. The van der Waals surface area contributed by atoms with E-state index in [0.29, 0.717) is 12.0 Å². The van der Waals surface area contributed by atoms with Crippen molar-refractivity contribution in [2.24, 2.45) is 0 Å². The molecule has 2 rings (SSSR count). The van der Waals surface area contributed by atoms with E-state index in [9.17, 15) is 0 Å². The molecule has 1 aromatic heterocycles. The topological polar surface area (TPSA) is 67.1 Å². The lowest BCUT2D eigenvalue weighted by atomic mass is 10.3. The Labute approximate surface area is 96.1 Å². The van der Waals surface area contributed by atoms with Gasteiger partial charge in [0.15, 0.2) is 0 Å². The summed E-state index contributed by atoms with van der Waals surface area (Å²) in [7, 11) is 2.00. The molecule has 1 atom stereocenters. The molecule has 0 unspecified atom stereocenters. The van der Waals surface area contributed by atoms with E-state index >= 15 is 0 Å². The summed E-state index contributed by atoms with van der Waals surface area (Å²) in [5, 5.41) is 3.29. The van der Waals surface area contributed by atoms with Crippen LogP contribution in [0.4, 0.5) is 11.8 Å². The summed E-state index contributed by atoms with van der Waals surface area (Å²) in [4.78, 5) is 10.7. The molecule has 0 radical (unpaired) electrons. The number of likely N-dealkylation sites (N-methyl/N-ethyl adjacent to an activating group) is 1. The molecule has 1 aliphatic heterocycles. The van der Waals surface area contributed by atoms with Gasteiger partial charge in [-0.3, -0.25) is 0 Å². The van der Waals surface area contributed by atoms with Crippen molar-refractivity contribution in [1.29, 1.82) is 0 Å². The van der Waals surface area contributed by atoms with Gasteiger partial charge in [-0.1, -0.05) is 6.92 Å². The van der Waals surface area contributed by atoms with Gasteiger partial charge in [0.05, 0.1) is 0 Å². The highest BCUT2D eigenvalue weighted by Crippen LogP contribution is 2.19. The van der Waals surface area contributed by atoms with Gasteiger partial charge >= 0.3 is 0 Å². The molecule has 5 heteroatoms. The third kappa shape index (κ3) is 2.24. The predicted molar refractivity (Wildman–Crippen MR) is 65.5 cm³/mol. The summed E-state index contributed by atoms with van der Waals surface area (Å²) >= 11 is 0. The third-order valence-electron chi connectivity index (χ3n) is 3.07. The van der Waals surface area contributed by atoms with E-state index in [0.717, 1.165) is 37.4 Å². The maximum absolute atomic E-state index is 5.71. The van der Waals surface area contributed by atoms with Gasteiger partial charge in [0.1, 0.15) is 5.82 Å². The van der Waals surface area contributed by atoms with E-state index in [1.165, 1.54) is 0 Å². The second-order valence-corrected chi connectivity index (χ2v) is 4.15. The van der Waals surface area contributed by atoms with Crippen molar-refractivity contribution in [2.45, 2.75) is 25.8 Å². The fraction of sp³-hybridized carbons (Fsp3) is 0.636. The van der Waals surface area contributed by atoms with E-state index < -0.39 is 0 Å². The highest BCUT2D eigenvalue weighted by molar-refractivity contribution is 5.44. The van der Waals surface area contributed by atoms with Crippen molar-refractivity contribution >= 4 is 11.8 Å². The molecule has 0 aliphatic carbocycles. The fourth-order valence-electron chi connectivity index (χ4n) is 2.05. The van der Waals surface area contributed by atoms with E-state index in [2.05, 4.69) is 27.1 Å². The number of anilines is 2. The van der Waals surface area contributed by atoms with Gasteiger partial charge < -0.3 is 16.0 Å². The number of aryl methyl sites for hydroxylation is 1. The van der Waals surface area contributed by atoms with Gasteiger partial charge in [0.25, 0.3) is 0 Å². The Kier molecular flexibility index (Phi) is 3.24. The van der Waals surface area contributed by atoms with Crippen molar-refractivity contribution in [1.82, 2.24) is 15.3 Å². The SMILES string of the molecule is CCc1cc(N2CC[C@@H](NC)C2)nc(N)n1. The lowest BCUT2D eigenvalue weighted by Crippen LogP contribution is -2.30. The van der Waals surface area contributed by atoms with E-state index in [1.807, 2.05) is 13.1 Å². The number of nitrogens with one attached hydrogen (secondary N) is 1. The summed E-state index contributed by atoms with van der Waals surface area (Å²) in [6.45, 7) is 4.10. The Hall–Kier alpha value is -1.36. The molecule has 0 spiro atoms. The number of hydrogen-bond donors (Lipinski definition) is 2. The number of aromatic nitrogens is 2. The number of hydrogen-bond acceptors (Lipinski definition) is 5. The van der Waals surface area contributed by atoms with Crippen LogP contribution in [0.3, 0.4) is 0 Å². The molecule has 5 nitrogen and oxygen atoms in total. The highest BCUT2D eigenvalue weighted by atomic mass is 15.2. The Balaban J connectivity index is 2.17. The molecule has 0 aromatic carbocycles. The predicted octanol–water partition coefficient (Wildman–Crippen LogP) is 0.419. The molecular weight excluding hydrogens is 202 g/mol. The van der Waals surface area contributed by atoms with Gasteiger partial charge in [-0.15, -0.1) is 0 Å². The number of nitrogens with two attached hydrogens (primary N) is 1. The zero-order valence-corrected chi connectivity index (χ0v) is 9.90. The largest absolute Gasteiger partial charge is 0.368 e. The number of nitrogen functional groups attached to an aromatic ring is 1. The summed E-state index contributed by atoms with van der Waals surface area (Å²) in [5.74, 6) is 1.34. The normalized spacial score (nSPS) is 20.4. The summed E-state index contributed by atoms with van der Waals surface area (Å²) in [5.41, 5.74) is 6.71. The van der Waals surface area contributed by atoms with Gasteiger partial charge in [0.2, 0.25) is 5.95 Å². The zero-order chi connectivity index (χ0) is 11.5. The highest BCUT2D eigenvalue weighted by Gasteiger charge is 2.22. The van der Waals surface area contributed by atoms with E-state index in [-0.39, 0.29) is 0 Å². The second-order valence-electron chi connectivity index (χ2n) is 4.15. The van der Waals surface area contributed by atoms with Crippen LogP contribution in [-0.4, -0.2) is 36.1 Å². The summed E-state index contributed by atoms with van der Waals surface area (Å²) in [6, 6.07) is 2.59. The van der Waals surface area contributed by atoms with Crippen molar-refractivity contribution in [2.75, 3.05) is 30.8 Å². The lowest BCUT2D eigenvalue weighted by molar-refractivity contribution is 0.616. The lowest BCUT2D eigenvalue weighted by Gasteiger charge is -2.18. The van der Waals surface area contributed by atoms with Crippen LogP contribution >= 0.6 is 0 Å². The molecule has 3 N–H and O–H groups in total. The van der Waals surface area contributed by atoms with Gasteiger partial charge in [-0.05, 0) is 19.9 Å². The quantitative estimate of drug-likeness (QED) is 0.774. The first-order chi connectivity index (χ1) is 7.72. The average molecular weight is 221 g/mol. The smallest absolute Gasteiger partial charge is 0.222 e. The van der Waals surface area contributed by atoms with Gasteiger partial charge in [-0.2, -0.15) is 4.98 Å². The Morgan fingerprint density at radius 1 is 1.56 bits per heavy atom. The van der Waals surface area contributed by atoms with Crippen LogP contribution in [0, 0.1) is 0 Å². The molecule has 0 saturated carbocycles. The van der Waals surface area contributed by atoms with Crippen LogP contribution in [0.15, 0.2) is 6.07 Å². The number of nitrogens with zero attached hydrogens (tertiary/aromatic N) is 3. The molecule has 1 fully saturated rings. The fourth-order valence-corrected chi connectivity index (χ4v) is 2.05. The average Bonchev–Trinajstić information content (AvgIpc) is 2.76. The van der Waals surface area contributed by atoms with Crippen molar-refractivity contribution < 1.29 is 0 Å². The Morgan fingerprint density at radius 3 is 3.00 bits per heavy atom. The Bertz CT molecular complexity index is 365. The molecule has 88 valence electrons. The van der Waals surface area contributed by atoms with Crippen molar-refractivity contribution in [3.8, 4) is 0 Å². The van der Waals surface area contributed by atoms with Crippen molar-refractivity contribution in [3.63, 3.8) is 0 Å². The first kappa shape index (κ1) is 11.1. The van der Waals surface area contributed by atoms with Crippen molar-refractivity contribution in [3.05, 3.63) is 11.8 Å². The molecule has 16 heavy (non-hydrogen) atoms. The Morgan fingerprint density at radius 2 is 2.38 bits per heavy atom. The standard InChI is InChI=1S/C11H19N5/c1-3-8-6-10(15-11(12)14-8)16-5-4-9(7-16)13-2/h6,9,13H,3-5,7H2,1-2H3,(H2,12,14,15)/t9-/m1/s1. The second kappa shape index (κ2) is 4.65. The van der Waals surface area contributed by atoms with Crippen LogP contribution in [0.5, 0.6) is 0 Å². The summed E-state index contributed by atoms with van der Waals surface area (Å²) < 4.78 is 0. The van der Waals surface area contributed by atoms with Crippen LogP contribution in [0.25, 0.3) is 0 Å². The summed E-state index contributed by atoms with van der Waals surface area (Å²) in [6.07, 6.45) is 2.05. The minimum Gasteiger partial charge on any atom is -0.368 e. The van der Waals surface area contributed by atoms with Crippen LogP contribution in [-0.2, 0) is 6.42 Å². The minimum atomic E-state index is 0.377. The van der Waals surface area contributed by atoms with Crippen LogP contribution < -0.4 is 16.0 Å². The van der Waals surface area contributed by atoms with Crippen LogP contribution in [0.2, 0.25) is 0 Å². The molecular formula is C11H19N5. The number of rotatable bonds is 3. The molecule has 0 amide bonds. The monoisotopic (exact) mass is 221 g/mol. The molecule has 1 aliphatic rings. The third-order valence-corrected chi connectivity index (χ3v) is 3.07. The first-order valence-electron chi connectivity index (χ1n) is 5.78. The maximum atomic E-state index is 5.71. The maximum Gasteiger partial charge on any atom is 0.222 e. The van der Waals surface area contributed by atoms with E-state index in [1.54, 1.807) is 0 Å². The minimum absolute atomic E-state index is 0.377. The van der Waals surface area contributed by atoms with Gasteiger partial charge in [-0.25, -0.2) is 4.98 Å². The van der Waals surface area contributed by atoms with E-state index in [4.69, 9.17) is 5.73 Å². The first-order valence-corrected chi connectivity index (χ1v) is 5.78.